The first kappa shape index (κ1) is 16.7. The SMILES string of the molecule is COCc1nc2c(s1)c1cnn(Cc3cccc(OC)c3)c(=O)c1n2C. The number of methoxy groups -OCH3 is 2. The van der Waals surface area contributed by atoms with Crippen molar-refractivity contribution in [3.05, 3.63) is 51.4 Å². The first-order chi connectivity index (χ1) is 12.6. The normalized spacial score (nSPS) is 11.5. The summed E-state index contributed by atoms with van der Waals surface area (Å²) in [5.74, 6) is 0.755. The van der Waals surface area contributed by atoms with Gasteiger partial charge in [0, 0.05) is 19.5 Å². The summed E-state index contributed by atoms with van der Waals surface area (Å²) in [6, 6.07) is 7.62. The quantitative estimate of drug-likeness (QED) is 0.540. The highest BCUT2D eigenvalue weighted by Gasteiger charge is 2.18. The van der Waals surface area contributed by atoms with E-state index in [0.717, 1.165) is 32.1 Å². The minimum Gasteiger partial charge on any atom is -0.497 e. The standard InChI is InChI=1S/C18H18N4O3S/c1-21-15-13(16-17(21)20-14(26-16)10-24-2)8-19-22(18(15)23)9-11-5-4-6-12(7-11)25-3/h4-8H,9-10H2,1-3H3. The maximum atomic E-state index is 13.0. The van der Waals surface area contributed by atoms with Crippen molar-refractivity contribution in [2.24, 2.45) is 7.05 Å². The van der Waals surface area contributed by atoms with Crippen LogP contribution in [-0.4, -0.2) is 33.6 Å². The van der Waals surface area contributed by atoms with Gasteiger partial charge < -0.3 is 14.0 Å². The molecule has 0 spiro atoms. The van der Waals surface area contributed by atoms with Crippen molar-refractivity contribution in [2.75, 3.05) is 14.2 Å². The summed E-state index contributed by atoms with van der Waals surface area (Å²) in [5, 5.41) is 6.09. The number of rotatable bonds is 5. The van der Waals surface area contributed by atoms with Gasteiger partial charge >= 0.3 is 0 Å². The van der Waals surface area contributed by atoms with E-state index in [1.807, 2.05) is 35.9 Å². The molecule has 0 fully saturated rings. The Morgan fingerprint density at radius 2 is 2.12 bits per heavy atom. The van der Waals surface area contributed by atoms with Crippen LogP contribution in [0.15, 0.2) is 35.3 Å². The molecule has 3 heterocycles. The highest BCUT2D eigenvalue weighted by atomic mass is 32.1. The molecule has 3 aromatic heterocycles. The number of aryl methyl sites for hydroxylation is 1. The largest absolute Gasteiger partial charge is 0.497 e. The minimum absolute atomic E-state index is 0.133. The first-order valence-electron chi connectivity index (χ1n) is 8.08. The Kier molecular flexibility index (Phi) is 4.21. The summed E-state index contributed by atoms with van der Waals surface area (Å²) in [7, 11) is 5.12. The molecule has 0 bridgehead atoms. The predicted octanol–water partition coefficient (Wildman–Crippen LogP) is 2.55. The van der Waals surface area contributed by atoms with Gasteiger partial charge in [-0.3, -0.25) is 4.79 Å². The van der Waals surface area contributed by atoms with Crippen molar-refractivity contribution in [3.63, 3.8) is 0 Å². The molecule has 0 radical (unpaired) electrons. The van der Waals surface area contributed by atoms with E-state index in [2.05, 4.69) is 10.1 Å². The van der Waals surface area contributed by atoms with Crippen molar-refractivity contribution in [2.45, 2.75) is 13.2 Å². The fourth-order valence-electron chi connectivity index (χ4n) is 3.07. The number of nitrogens with zero attached hydrogens (tertiary/aromatic N) is 4. The van der Waals surface area contributed by atoms with Crippen LogP contribution in [0.4, 0.5) is 0 Å². The number of ether oxygens (including phenoxy) is 2. The monoisotopic (exact) mass is 370 g/mol. The van der Waals surface area contributed by atoms with Crippen molar-refractivity contribution < 1.29 is 9.47 Å². The minimum atomic E-state index is -0.133. The molecule has 8 heteroatoms. The smallest absolute Gasteiger partial charge is 0.291 e. The van der Waals surface area contributed by atoms with Gasteiger partial charge in [-0.2, -0.15) is 5.10 Å². The van der Waals surface area contributed by atoms with Crippen LogP contribution in [0, 0.1) is 0 Å². The average molecular weight is 370 g/mol. The summed E-state index contributed by atoms with van der Waals surface area (Å²) in [6.07, 6.45) is 1.74. The molecule has 0 N–H and O–H groups in total. The lowest BCUT2D eigenvalue weighted by Crippen LogP contribution is -2.24. The van der Waals surface area contributed by atoms with Gasteiger partial charge in [-0.05, 0) is 17.7 Å². The van der Waals surface area contributed by atoms with Crippen LogP contribution in [0.3, 0.4) is 0 Å². The maximum absolute atomic E-state index is 13.0. The van der Waals surface area contributed by atoms with Gasteiger partial charge in [0.25, 0.3) is 5.56 Å². The molecule has 0 aliphatic heterocycles. The third kappa shape index (κ3) is 2.67. The highest BCUT2D eigenvalue weighted by Crippen LogP contribution is 2.31. The molecule has 26 heavy (non-hydrogen) atoms. The first-order valence-corrected chi connectivity index (χ1v) is 8.89. The molecule has 0 unspecified atom stereocenters. The van der Waals surface area contributed by atoms with Gasteiger partial charge in [0.15, 0.2) is 5.65 Å². The van der Waals surface area contributed by atoms with E-state index in [1.54, 1.807) is 20.4 Å². The van der Waals surface area contributed by atoms with Crippen LogP contribution in [0.2, 0.25) is 0 Å². The zero-order valence-corrected chi connectivity index (χ0v) is 15.5. The van der Waals surface area contributed by atoms with Gasteiger partial charge in [0.1, 0.15) is 16.3 Å². The lowest BCUT2D eigenvalue weighted by molar-refractivity contribution is 0.184. The Morgan fingerprint density at radius 3 is 2.88 bits per heavy atom. The Bertz CT molecular complexity index is 1160. The molecule has 134 valence electrons. The third-order valence-electron chi connectivity index (χ3n) is 4.30. The van der Waals surface area contributed by atoms with Crippen molar-refractivity contribution in [1.29, 1.82) is 0 Å². The topological polar surface area (TPSA) is 71.2 Å². The van der Waals surface area contributed by atoms with Crippen LogP contribution in [-0.2, 0) is 24.9 Å². The number of hydrogen-bond acceptors (Lipinski definition) is 6. The second-order valence-corrected chi connectivity index (χ2v) is 7.06. The maximum Gasteiger partial charge on any atom is 0.291 e. The van der Waals surface area contributed by atoms with Crippen molar-refractivity contribution in [1.82, 2.24) is 19.3 Å². The van der Waals surface area contributed by atoms with E-state index in [4.69, 9.17) is 9.47 Å². The number of fused-ring (bicyclic) bond motifs is 3. The van der Waals surface area contributed by atoms with Crippen LogP contribution >= 0.6 is 11.3 Å². The molecule has 0 atom stereocenters. The number of benzene rings is 1. The molecule has 0 saturated heterocycles. The Hall–Kier alpha value is -2.71. The summed E-state index contributed by atoms with van der Waals surface area (Å²) < 4.78 is 14.7. The van der Waals surface area contributed by atoms with Gasteiger partial charge in [0.2, 0.25) is 0 Å². The average Bonchev–Trinajstić information content (AvgIpc) is 3.17. The Labute approximate surface area is 153 Å². The van der Waals surface area contributed by atoms with Crippen LogP contribution in [0.25, 0.3) is 21.3 Å². The second kappa shape index (κ2) is 6.54. The van der Waals surface area contributed by atoms with E-state index in [9.17, 15) is 4.79 Å². The fourth-order valence-corrected chi connectivity index (χ4v) is 4.15. The van der Waals surface area contributed by atoms with Gasteiger partial charge in [-0.1, -0.05) is 12.1 Å². The number of thiazole rings is 1. The third-order valence-corrected chi connectivity index (χ3v) is 5.36. The lowest BCUT2D eigenvalue weighted by atomic mass is 10.2. The molecule has 0 aliphatic rings. The predicted molar refractivity (Wildman–Crippen MR) is 101 cm³/mol. The van der Waals surface area contributed by atoms with E-state index in [-0.39, 0.29) is 5.56 Å². The Morgan fingerprint density at radius 1 is 1.27 bits per heavy atom. The van der Waals surface area contributed by atoms with E-state index in [0.29, 0.717) is 18.7 Å². The molecule has 0 saturated carbocycles. The van der Waals surface area contributed by atoms with E-state index < -0.39 is 0 Å². The molecular formula is C18H18N4O3S. The van der Waals surface area contributed by atoms with Crippen LogP contribution < -0.4 is 10.3 Å². The summed E-state index contributed by atoms with van der Waals surface area (Å²) >= 11 is 1.53. The zero-order chi connectivity index (χ0) is 18.3. The van der Waals surface area contributed by atoms with Gasteiger partial charge in [0.05, 0.1) is 31.2 Å². The highest BCUT2D eigenvalue weighted by molar-refractivity contribution is 7.19. The molecule has 0 amide bonds. The van der Waals surface area contributed by atoms with Gasteiger partial charge in [-0.15, -0.1) is 11.3 Å². The molecule has 1 aromatic carbocycles. The van der Waals surface area contributed by atoms with E-state index >= 15 is 0 Å². The van der Waals surface area contributed by atoms with Crippen LogP contribution in [0.5, 0.6) is 5.75 Å². The summed E-state index contributed by atoms with van der Waals surface area (Å²) in [5.41, 5.74) is 2.22. The van der Waals surface area contributed by atoms with E-state index in [1.165, 1.54) is 16.0 Å². The van der Waals surface area contributed by atoms with Crippen molar-refractivity contribution in [3.8, 4) is 5.75 Å². The van der Waals surface area contributed by atoms with Crippen molar-refractivity contribution >= 4 is 32.6 Å². The summed E-state index contributed by atoms with van der Waals surface area (Å²) in [6.45, 7) is 0.842. The summed E-state index contributed by atoms with van der Waals surface area (Å²) in [4.78, 5) is 17.6. The van der Waals surface area contributed by atoms with Crippen LogP contribution in [0.1, 0.15) is 10.6 Å². The number of aromatic nitrogens is 4. The second-order valence-electron chi connectivity index (χ2n) is 5.97. The zero-order valence-electron chi connectivity index (χ0n) is 14.7. The lowest BCUT2D eigenvalue weighted by Gasteiger charge is -2.07. The van der Waals surface area contributed by atoms with Gasteiger partial charge in [-0.25, -0.2) is 9.67 Å². The Balaban J connectivity index is 1.81. The molecule has 7 nitrogen and oxygen atoms in total. The molecule has 4 aromatic rings. The molecular weight excluding hydrogens is 352 g/mol. The molecule has 0 aliphatic carbocycles. The fraction of sp³-hybridized carbons (Fsp3) is 0.278. The molecule has 4 rings (SSSR count). The number of hydrogen-bond donors (Lipinski definition) is 0.